The Labute approximate surface area is 118 Å². The molecule has 0 bridgehead atoms. The lowest BCUT2D eigenvalue weighted by Crippen LogP contribution is -2.23. The second-order valence-electron chi connectivity index (χ2n) is 5.23. The quantitative estimate of drug-likeness (QED) is 0.685. The molecule has 108 valence electrons. The van der Waals surface area contributed by atoms with Crippen molar-refractivity contribution in [2.75, 3.05) is 13.7 Å². The average molecular weight is 264 g/mol. The van der Waals surface area contributed by atoms with E-state index in [0.717, 1.165) is 25.0 Å². The predicted octanol–water partition coefficient (Wildman–Crippen LogP) is 4.57. The van der Waals surface area contributed by atoms with Gasteiger partial charge in [-0.2, -0.15) is 0 Å². The smallest absolute Gasteiger partial charge is 0.119 e. The number of rotatable bonds is 8. The Morgan fingerprint density at radius 2 is 1.74 bits per heavy atom. The van der Waals surface area contributed by atoms with E-state index in [1.54, 1.807) is 7.11 Å². The standard InChI is InChI=1S/C17H28O2/c1-6-17(7-2,8-3)15-10-9-11-16(12-15)19-13-14(4)18-5/h9-12,14H,6-8,13H2,1-5H3. The molecule has 0 saturated heterocycles. The van der Waals surface area contributed by atoms with Crippen LogP contribution in [0.2, 0.25) is 0 Å². The molecule has 0 aliphatic rings. The van der Waals surface area contributed by atoms with Crippen molar-refractivity contribution in [2.45, 2.75) is 58.5 Å². The second-order valence-corrected chi connectivity index (χ2v) is 5.23. The summed E-state index contributed by atoms with van der Waals surface area (Å²) in [5, 5.41) is 0. The molecule has 1 aromatic rings. The van der Waals surface area contributed by atoms with E-state index in [1.807, 2.05) is 13.0 Å². The van der Waals surface area contributed by atoms with Crippen LogP contribution in [0.1, 0.15) is 52.5 Å². The maximum absolute atomic E-state index is 5.80. The number of benzene rings is 1. The lowest BCUT2D eigenvalue weighted by Gasteiger charge is -2.31. The molecule has 0 heterocycles. The van der Waals surface area contributed by atoms with Gasteiger partial charge in [-0.05, 0) is 49.3 Å². The van der Waals surface area contributed by atoms with Crippen LogP contribution in [0, 0.1) is 0 Å². The average Bonchev–Trinajstić information content (AvgIpc) is 2.47. The van der Waals surface area contributed by atoms with Crippen LogP contribution in [0.4, 0.5) is 0 Å². The monoisotopic (exact) mass is 264 g/mol. The van der Waals surface area contributed by atoms with Crippen molar-refractivity contribution >= 4 is 0 Å². The Balaban J connectivity index is 2.86. The van der Waals surface area contributed by atoms with Gasteiger partial charge in [-0.15, -0.1) is 0 Å². The number of ether oxygens (including phenoxy) is 2. The molecule has 0 amide bonds. The van der Waals surface area contributed by atoms with E-state index < -0.39 is 0 Å². The number of hydrogen-bond donors (Lipinski definition) is 0. The van der Waals surface area contributed by atoms with E-state index >= 15 is 0 Å². The summed E-state index contributed by atoms with van der Waals surface area (Å²) in [6.07, 6.45) is 3.62. The molecule has 1 rings (SSSR count). The SMILES string of the molecule is CCC(CC)(CC)c1cccc(OCC(C)OC)c1. The summed E-state index contributed by atoms with van der Waals surface area (Å²) in [6.45, 7) is 9.42. The van der Waals surface area contributed by atoms with E-state index in [2.05, 4.69) is 39.0 Å². The molecule has 0 aliphatic carbocycles. The third kappa shape index (κ3) is 3.97. The molecular weight excluding hydrogens is 236 g/mol. The minimum absolute atomic E-state index is 0.122. The topological polar surface area (TPSA) is 18.5 Å². The molecule has 0 saturated carbocycles. The fourth-order valence-electron chi connectivity index (χ4n) is 2.56. The van der Waals surface area contributed by atoms with Gasteiger partial charge in [-0.3, -0.25) is 0 Å². The third-order valence-corrected chi connectivity index (χ3v) is 4.36. The van der Waals surface area contributed by atoms with Gasteiger partial charge >= 0.3 is 0 Å². The van der Waals surface area contributed by atoms with Crippen molar-refractivity contribution in [1.29, 1.82) is 0 Å². The van der Waals surface area contributed by atoms with Gasteiger partial charge in [0.2, 0.25) is 0 Å². The van der Waals surface area contributed by atoms with Crippen LogP contribution in [-0.2, 0) is 10.2 Å². The normalized spacial score (nSPS) is 13.3. The Hall–Kier alpha value is -1.02. The van der Waals surface area contributed by atoms with Crippen molar-refractivity contribution < 1.29 is 9.47 Å². The minimum Gasteiger partial charge on any atom is -0.491 e. The molecule has 0 radical (unpaired) electrons. The molecule has 1 unspecified atom stereocenters. The summed E-state index contributed by atoms with van der Waals surface area (Å²) in [5.74, 6) is 0.945. The van der Waals surface area contributed by atoms with Crippen molar-refractivity contribution in [3.8, 4) is 5.75 Å². The predicted molar refractivity (Wildman–Crippen MR) is 81.0 cm³/mol. The molecule has 1 aromatic carbocycles. The van der Waals surface area contributed by atoms with Crippen LogP contribution in [-0.4, -0.2) is 19.8 Å². The fraction of sp³-hybridized carbons (Fsp3) is 0.647. The van der Waals surface area contributed by atoms with E-state index in [0.29, 0.717) is 6.61 Å². The van der Waals surface area contributed by atoms with Gasteiger partial charge in [0.15, 0.2) is 0 Å². The summed E-state index contributed by atoms with van der Waals surface area (Å²) in [5.41, 5.74) is 1.68. The van der Waals surface area contributed by atoms with Crippen molar-refractivity contribution in [3.63, 3.8) is 0 Å². The molecule has 0 aromatic heterocycles. The highest BCUT2D eigenvalue weighted by atomic mass is 16.5. The lowest BCUT2D eigenvalue weighted by atomic mass is 9.74. The molecular formula is C17H28O2. The zero-order chi connectivity index (χ0) is 14.3. The highest BCUT2D eigenvalue weighted by Crippen LogP contribution is 2.36. The highest BCUT2D eigenvalue weighted by Gasteiger charge is 2.26. The molecule has 2 nitrogen and oxygen atoms in total. The van der Waals surface area contributed by atoms with Crippen LogP contribution >= 0.6 is 0 Å². The number of hydrogen-bond acceptors (Lipinski definition) is 2. The van der Waals surface area contributed by atoms with E-state index in [9.17, 15) is 0 Å². The lowest BCUT2D eigenvalue weighted by molar-refractivity contribution is 0.0716. The third-order valence-electron chi connectivity index (χ3n) is 4.36. The Morgan fingerprint density at radius 1 is 1.11 bits per heavy atom. The van der Waals surface area contributed by atoms with Crippen molar-refractivity contribution in [2.24, 2.45) is 0 Å². The zero-order valence-corrected chi connectivity index (χ0v) is 13.0. The molecule has 2 heteroatoms. The largest absolute Gasteiger partial charge is 0.491 e. The molecule has 0 N–H and O–H groups in total. The maximum Gasteiger partial charge on any atom is 0.119 e. The molecule has 19 heavy (non-hydrogen) atoms. The first-order chi connectivity index (χ1) is 9.11. The zero-order valence-electron chi connectivity index (χ0n) is 13.0. The van der Waals surface area contributed by atoms with Crippen LogP contribution in [0.25, 0.3) is 0 Å². The molecule has 1 atom stereocenters. The Kier molecular flexibility index (Phi) is 6.36. The molecule has 0 spiro atoms. The molecule has 0 aliphatic heterocycles. The highest BCUT2D eigenvalue weighted by molar-refractivity contribution is 5.34. The summed E-state index contributed by atoms with van der Waals surface area (Å²) in [7, 11) is 1.71. The van der Waals surface area contributed by atoms with Crippen LogP contribution < -0.4 is 4.74 Å². The van der Waals surface area contributed by atoms with Crippen LogP contribution in [0.5, 0.6) is 5.75 Å². The van der Waals surface area contributed by atoms with E-state index in [4.69, 9.17) is 9.47 Å². The van der Waals surface area contributed by atoms with Gasteiger partial charge < -0.3 is 9.47 Å². The Morgan fingerprint density at radius 3 is 2.26 bits per heavy atom. The first-order valence-corrected chi connectivity index (χ1v) is 7.38. The van der Waals surface area contributed by atoms with Gasteiger partial charge in [-0.25, -0.2) is 0 Å². The first kappa shape index (κ1) is 16.0. The first-order valence-electron chi connectivity index (χ1n) is 7.38. The van der Waals surface area contributed by atoms with Gasteiger partial charge in [0.1, 0.15) is 12.4 Å². The van der Waals surface area contributed by atoms with Crippen molar-refractivity contribution in [3.05, 3.63) is 29.8 Å². The summed E-state index contributed by atoms with van der Waals surface area (Å²) >= 11 is 0. The van der Waals surface area contributed by atoms with E-state index in [1.165, 1.54) is 5.56 Å². The van der Waals surface area contributed by atoms with Gasteiger partial charge in [-0.1, -0.05) is 32.9 Å². The van der Waals surface area contributed by atoms with Crippen LogP contribution in [0.3, 0.4) is 0 Å². The number of methoxy groups -OCH3 is 1. The summed E-state index contributed by atoms with van der Waals surface area (Å²) < 4.78 is 11.0. The summed E-state index contributed by atoms with van der Waals surface area (Å²) in [4.78, 5) is 0. The van der Waals surface area contributed by atoms with Gasteiger partial charge in [0, 0.05) is 7.11 Å². The van der Waals surface area contributed by atoms with Gasteiger partial charge in [0.05, 0.1) is 6.10 Å². The molecule has 0 fully saturated rings. The Bertz CT molecular complexity index is 361. The second kappa shape index (κ2) is 7.54. The van der Waals surface area contributed by atoms with Crippen molar-refractivity contribution in [1.82, 2.24) is 0 Å². The van der Waals surface area contributed by atoms with Gasteiger partial charge in [0.25, 0.3) is 0 Å². The fourth-order valence-corrected chi connectivity index (χ4v) is 2.56. The maximum atomic E-state index is 5.80. The van der Waals surface area contributed by atoms with E-state index in [-0.39, 0.29) is 11.5 Å². The summed E-state index contributed by atoms with van der Waals surface area (Å²) in [6, 6.07) is 8.54. The minimum atomic E-state index is 0.122. The van der Waals surface area contributed by atoms with Crippen LogP contribution in [0.15, 0.2) is 24.3 Å².